The second-order valence-corrected chi connectivity index (χ2v) is 9.99. The molecule has 6 heteroatoms. The predicted octanol–water partition coefficient (Wildman–Crippen LogP) is 4.53. The van der Waals surface area contributed by atoms with E-state index in [1.165, 1.54) is 0 Å². The fourth-order valence-electron chi connectivity index (χ4n) is 1.95. The lowest BCUT2D eigenvalue weighted by Gasteiger charge is -2.35. The molecule has 0 spiro atoms. The van der Waals surface area contributed by atoms with Gasteiger partial charge in [-0.15, -0.1) is 11.7 Å². The van der Waals surface area contributed by atoms with Gasteiger partial charge in [0.2, 0.25) is 5.60 Å². The highest BCUT2D eigenvalue weighted by atomic mass is 33.1. The van der Waals surface area contributed by atoms with Gasteiger partial charge in [-0.2, -0.15) is 0 Å². The molecule has 0 saturated heterocycles. The molecule has 0 N–H and O–H groups in total. The number of thiol groups is 1. The fraction of sp³-hybridized carbons (Fsp3) is 1.00. The van der Waals surface area contributed by atoms with Gasteiger partial charge < -0.3 is 14.2 Å². The van der Waals surface area contributed by atoms with Crippen LogP contribution in [0.3, 0.4) is 0 Å². The van der Waals surface area contributed by atoms with Crippen LogP contribution < -0.4 is 0 Å². The molecule has 0 aromatic heterocycles. The first kappa shape index (κ1) is 22.8. The van der Waals surface area contributed by atoms with Crippen molar-refractivity contribution in [3.05, 3.63) is 0 Å². The van der Waals surface area contributed by atoms with E-state index in [4.69, 9.17) is 14.2 Å². The van der Waals surface area contributed by atoms with Gasteiger partial charge in [0, 0.05) is 4.87 Å². The van der Waals surface area contributed by atoms with Crippen LogP contribution in [0.1, 0.15) is 72.6 Å². The molecule has 0 aromatic carbocycles. The summed E-state index contributed by atoms with van der Waals surface area (Å²) in [7, 11) is 0.899. The molecule has 0 aliphatic heterocycles. The van der Waals surface area contributed by atoms with Crippen molar-refractivity contribution in [2.24, 2.45) is 0 Å². The van der Waals surface area contributed by atoms with Crippen LogP contribution in [0.2, 0.25) is 0 Å². The zero-order valence-electron chi connectivity index (χ0n) is 14.9. The lowest BCUT2D eigenvalue weighted by molar-refractivity contribution is -0.328. The van der Waals surface area contributed by atoms with Crippen LogP contribution in [-0.2, 0) is 14.2 Å². The zero-order chi connectivity index (χ0) is 16.7. The Kier molecular flexibility index (Phi) is 15.9. The number of unbranched alkanes of at least 4 members (excludes halogenated alkanes) is 3. The second kappa shape index (κ2) is 15.3. The maximum Gasteiger partial charge on any atom is 0.250 e. The van der Waals surface area contributed by atoms with Crippen LogP contribution >= 0.6 is 22.5 Å². The Hall–Kier alpha value is 0.797. The van der Waals surface area contributed by atoms with Crippen molar-refractivity contribution in [2.45, 2.75) is 83.1 Å². The Morgan fingerprint density at radius 3 is 1.55 bits per heavy atom. The molecule has 0 fully saturated rings. The molecule has 0 aliphatic rings. The first-order valence-electron chi connectivity index (χ1n) is 8.90. The molecule has 0 radical (unpaired) electrons. The average molecular weight is 369 g/mol. The lowest BCUT2D eigenvalue weighted by atomic mass is 10.4. The van der Waals surface area contributed by atoms with E-state index in [2.05, 4.69) is 39.4 Å². The standard InChI is InChI=1S/C16H36O3S2Si/c1-5-9-12-17-16(18-13-10-6-2,19-14-11-7-3)22-15(8-4)21-20/h15,20H,5-14,22H2,1-4H3. The minimum Gasteiger partial charge on any atom is -0.332 e. The Morgan fingerprint density at radius 2 is 1.27 bits per heavy atom. The summed E-state index contributed by atoms with van der Waals surface area (Å²) in [4.78, 5) is 0.508. The quantitative estimate of drug-likeness (QED) is 0.142. The van der Waals surface area contributed by atoms with Crippen molar-refractivity contribution in [3.8, 4) is 0 Å². The van der Waals surface area contributed by atoms with E-state index >= 15 is 0 Å². The molecule has 0 aliphatic carbocycles. The molecule has 0 bridgehead atoms. The zero-order valence-corrected chi connectivity index (χ0v) is 18.1. The number of rotatable bonds is 16. The van der Waals surface area contributed by atoms with E-state index < -0.39 is 15.1 Å². The third-order valence-electron chi connectivity index (χ3n) is 3.54. The molecule has 0 saturated carbocycles. The highest BCUT2D eigenvalue weighted by Crippen LogP contribution is 2.25. The summed E-state index contributed by atoms with van der Waals surface area (Å²) in [6.45, 7) is 10.9. The number of hydrogen-bond donors (Lipinski definition) is 1. The van der Waals surface area contributed by atoms with E-state index in [1.54, 1.807) is 10.8 Å². The van der Waals surface area contributed by atoms with Crippen molar-refractivity contribution < 1.29 is 14.2 Å². The maximum absolute atomic E-state index is 6.17. The topological polar surface area (TPSA) is 27.7 Å². The van der Waals surface area contributed by atoms with Gasteiger partial charge in [-0.25, -0.2) is 0 Å². The SMILES string of the molecule is CCCCOC(OCCCC)(OCCCC)[SiH2]C(CC)SS. The summed E-state index contributed by atoms with van der Waals surface area (Å²) in [5.74, 6) is 0. The van der Waals surface area contributed by atoms with Crippen LogP contribution in [-0.4, -0.2) is 39.8 Å². The minimum atomic E-state index is -0.754. The van der Waals surface area contributed by atoms with Crippen LogP contribution in [0.15, 0.2) is 0 Å². The van der Waals surface area contributed by atoms with Crippen LogP contribution in [0.4, 0.5) is 0 Å². The smallest absolute Gasteiger partial charge is 0.250 e. The average Bonchev–Trinajstić information content (AvgIpc) is 2.53. The third-order valence-corrected chi connectivity index (χ3v) is 9.05. The van der Waals surface area contributed by atoms with Crippen molar-refractivity contribution in [3.63, 3.8) is 0 Å². The van der Waals surface area contributed by atoms with Gasteiger partial charge in [-0.05, 0) is 25.7 Å². The van der Waals surface area contributed by atoms with Gasteiger partial charge in [0.25, 0.3) is 0 Å². The van der Waals surface area contributed by atoms with Gasteiger partial charge in [0.05, 0.1) is 19.8 Å². The molecule has 0 rings (SSSR count). The van der Waals surface area contributed by atoms with E-state index in [0.717, 1.165) is 64.8 Å². The van der Waals surface area contributed by atoms with Crippen LogP contribution in [0.25, 0.3) is 0 Å². The van der Waals surface area contributed by atoms with Crippen LogP contribution in [0, 0.1) is 0 Å². The molecule has 3 nitrogen and oxygen atoms in total. The van der Waals surface area contributed by atoms with Gasteiger partial charge in [-0.1, -0.05) is 57.8 Å². The molecule has 0 amide bonds. The van der Waals surface area contributed by atoms with Gasteiger partial charge >= 0.3 is 0 Å². The molecule has 1 atom stereocenters. The molecule has 1 unspecified atom stereocenters. The normalized spacial score (nSPS) is 14.0. The summed E-state index contributed by atoms with van der Waals surface area (Å²) < 4.78 is 18.5. The largest absolute Gasteiger partial charge is 0.332 e. The Bertz CT molecular complexity index is 215. The Balaban J connectivity index is 4.82. The van der Waals surface area contributed by atoms with Crippen molar-refractivity contribution in [1.82, 2.24) is 0 Å². The molecule has 0 heterocycles. The van der Waals surface area contributed by atoms with Crippen molar-refractivity contribution in [1.29, 1.82) is 0 Å². The summed E-state index contributed by atoms with van der Waals surface area (Å²) in [5.41, 5.74) is -0.754. The molecule has 22 heavy (non-hydrogen) atoms. The number of ether oxygens (including phenoxy) is 3. The fourth-order valence-corrected chi connectivity index (χ4v) is 5.76. The van der Waals surface area contributed by atoms with E-state index in [0.29, 0.717) is 4.87 Å². The summed E-state index contributed by atoms with van der Waals surface area (Å²) >= 11 is 4.42. The van der Waals surface area contributed by atoms with E-state index in [9.17, 15) is 0 Å². The highest BCUT2D eigenvalue weighted by molar-refractivity contribution is 8.69. The van der Waals surface area contributed by atoms with Gasteiger partial charge in [0.1, 0.15) is 9.52 Å². The summed E-state index contributed by atoms with van der Waals surface area (Å²) in [6.07, 6.45) is 7.62. The highest BCUT2D eigenvalue weighted by Gasteiger charge is 2.36. The monoisotopic (exact) mass is 368 g/mol. The summed E-state index contributed by atoms with van der Waals surface area (Å²) in [6, 6.07) is 0. The second-order valence-electron chi connectivity index (χ2n) is 5.63. The minimum absolute atomic E-state index is 0.508. The van der Waals surface area contributed by atoms with E-state index in [-0.39, 0.29) is 0 Å². The lowest BCUT2D eigenvalue weighted by Crippen LogP contribution is -2.49. The van der Waals surface area contributed by atoms with Crippen molar-refractivity contribution in [2.75, 3.05) is 19.8 Å². The third kappa shape index (κ3) is 10.5. The Labute approximate surface area is 149 Å². The van der Waals surface area contributed by atoms with Gasteiger partial charge in [0.15, 0.2) is 0 Å². The molecule has 134 valence electrons. The summed E-state index contributed by atoms with van der Waals surface area (Å²) in [5, 5.41) is 0. The Morgan fingerprint density at radius 1 is 0.864 bits per heavy atom. The number of hydrogen-bond acceptors (Lipinski definition) is 5. The van der Waals surface area contributed by atoms with Gasteiger partial charge in [-0.3, -0.25) is 0 Å². The van der Waals surface area contributed by atoms with Crippen LogP contribution in [0.5, 0.6) is 0 Å². The van der Waals surface area contributed by atoms with Crippen molar-refractivity contribution >= 4 is 32.0 Å². The first-order chi connectivity index (χ1) is 10.7. The maximum atomic E-state index is 6.17. The van der Waals surface area contributed by atoms with E-state index in [1.807, 2.05) is 0 Å². The molecular weight excluding hydrogens is 332 g/mol. The molecular formula is C16H36O3S2Si. The molecule has 0 aromatic rings. The first-order valence-corrected chi connectivity index (χ1v) is 12.4. The predicted molar refractivity (Wildman–Crippen MR) is 105 cm³/mol.